The molecule has 14 heteroatoms. The number of methoxy groups -OCH3 is 1. The molecular weight excluding hydrogens is 575 g/mol. The lowest BCUT2D eigenvalue weighted by Gasteiger charge is -2.30. The second kappa shape index (κ2) is 16.1. The lowest BCUT2D eigenvalue weighted by Crippen LogP contribution is -2.50. The quantitative estimate of drug-likeness (QED) is 0.142. The number of sulfonamides is 1. The normalized spacial score (nSPS) is 14.8. The highest BCUT2D eigenvalue weighted by atomic mass is 32.2. The molecule has 0 radical (unpaired) electrons. The molecule has 41 heavy (non-hydrogen) atoms. The topological polar surface area (TPSA) is 172 Å². The second-order valence-corrected chi connectivity index (χ2v) is 13.7. The number of hydrogen-bond donors (Lipinski definition) is 4. The molecule has 2 aromatic rings. The minimum absolute atomic E-state index is 0.0210. The molecule has 1 amide bonds. The van der Waals surface area contributed by atoms with Crippen LogP contribution < -0.4 is 14.8 Å². The van der Waals surface area contributed by atoms with E-state index in [1.807, 2.05) is 20.8 Å². The minimum Gasteiger partial charge on any atom is -0.497 e. The van der Waals surface area contributed by atoms with Crippen LogP contribution in [0.3, 0.4) is 0 Å². The fourth-order valence-electron chi connectivity index (χ4n) is 3.87. The zero-order chi connectivity index (χ0) is 30.6. The summed E-state index contributed by atoms with van der Waals surface area (Å²) >= 11 is 0. The highest BCUT2D eigenvalue weighted by Crippen LogP contribution is 2.42. The number of aliphatic hydroxyl groups is 1. The van der Waals surface area contributed by atoms with Gasteiger partial charge in [0.15, 0.2) is 6.35 Å². The van der Waals surface area contributed by atoms with Gasteiger partial charge in [-0.25, -0.2) is 13.2 Å². The average molecular weight is 617 g/mol. The molecule has 4 N–H and O–H groups in total. The first-order valence-corrected chi connectivity index (χ1v) is 16.5. The number of amides is 1. The fourth-order valence-corrected chi connectivity index (χ4v) is 6.30. The molecule has 0 aliphatic rings. The second-order valence-electron chi connectivity index (χ2n) is 9.96. The van der Waals surface area contributed by atoms with E-state index in [9.17, 15) is 32.9 Å². The molecule has 0 fully saturated rings. The largest absolute Gasteiger partial charge is 0.497 e. The molecule has 0 saturated carbocycles. The van der Waals surface area contributed by atoms with E-state index >= 15 is 0 Å². The molecule has 0 aliphatic carbocycles. The number of ether oxygens (including phenoxy) is 2. The molecule has 0 spiro atoms. The van der Waals surface area contributed by atoms with Crippen LogP contribution in [-0.4, -0.2) is 79.2 Å². The maximum atomic E-state index is 13.4. The smallest absolute Gasteiger partial charge is 0.404 e. The van der Waals surface area contributed by atoms with Crippen LogP contribution in [0.2, 0.25) is 0 Å². The first-order chi connectivity index (χ1) is 19.3. The third-order valence-corrected chi connectivity index (χ3v) is 8.88. The van der Waals surface area contributed by atoms with Gasteiger partial charge >= 0.3 is 13.7 Å². The fraction of sp³-hybridized carbons (Fsp3) is 0.519. The van der Waals surface area contributed by atoms with Gasteiger partial charge in [0.2, 0.25) is 10.0 Å². The Bertz CT molecular complexity index is 1240. The number of aliphatic hydroxyl groups excluding tert-OH is 1. The van der Waals surface area contributed by atoms with Crippen LogP contribution in [-0.2, 0) is 25.5 Å². The number of nitrogens with zero attached hydrogens (tertiary/aromatic N) is 1. The van der Waals surface area contributed by atoms with Gasteiger partial charge in [-0.2, -0.15) is 4.31 Å². The van der Waals surface area contributed by atoms with Gasteiger partial charge in [0.25, 0.3) is 0 Å². The zero-order valence-electron chi connectivity index (χ0n) is 23.8. The van der Waals surface area contributed by atoms with E-state index in [0.717, 1.165) is 10.7 Å². The molecule has 2 rings (SSSR count). The van der Waals surface area contributed by atoms with Gasteiger partial charge in [-0.3, -0.25) is 4.57 Å². The van der Waals surface area contributed by atoms with E-state index < -0.39 is 42.2 Å². The molecule has 3 atom stereocenters. The summed E-state index contributed by atoms with van der Waals surface area (Å²) in [5.74, 6) is 0.728. The van der Waals surface area contributed by atoms with Crippen LogP contribution in [0.25, 0.3) is 0 Å². The summed E-state index contributed by atoms with van der Waals surface area (Å²) in [6.07, 6.45) is -1.75. The number of nitrogens with one attached hydrogen (secondary N) is 1. The molecule has 230 valence electrons. The standard InChI is InChI=1S/C27H41N2O10PS/c1-5-6-15-39-40(33,34)19-38-23-9-7-21(8-10-23)16-25(28-27(31)32)26(30)18-29(17-20(2)3)41(35,36)24-13-11-22(37-4)12-14-24/h7-14,20,25-26,28,30H,5-6,15-19H2,1-4H3,(H,31,32)(H,33,34)/t25-,26+/m0/s1. The van der Waals surface area contributed by atoms with Gasteiger partial charge in [0, 0.05) is 13.1 Å². The maximum Gasteiger partial charge on any atom is 0.404 e. The van der Waals surface area contributed by atoms with E-state index in [2.05, 4.69) is 5.32 Å². The third-order valence-electron chi connectivity index (χ3n) is 5.99. The Morgan fingerprint density at radius 3 is 2.20 bits per heavy atom. The summed E-state index contributed by atoms with van der Waals surface area (Å²) in [4.78, 5) is 21.4. The van der Waals surface area contributed by atoms with Crippen LogP contribution in [0, 0.1) is 5.92 Å². The molecule has 1 unspecified atom stereocenters. The summed E-state index contributed by atoms with van der Waals surface area (Å²) < 4.78 is 55.5. The van der Waals surface area contributed by atoms with Gasteiger partial charge in [-0.05, 0) is 60.7 Å². The molecule has 12 nitrogen and oxygen atoms in total. The summed E-state index contributed by atoms with van der Waals surface area (Å²) in [7, 11) is -6.45. The molecule has 0 aromatic heterocycles. The average Bonchev–Trinajstić information content (AvgIpc) is 2.91. The molecule has 0 aliphatic heterocycles. The van der Waals surface area contributed by atoms with Crippen molar-refractivity contribution in [1.82, 2.24) is 9.62 Å². The van der Waals surface area contributed by atoms with Crippen molar-refractivity contribution in [3.05, 3.63) is 54.1 Å². The molecule has 2 aromatic carbocycles. The SMILES string of the molecule is CCCCOP(=O)(O)COc1ccc(C[C@H](NC(=O)O)[C@H](O)CN(CC(C)C)S(=O)(=O)c2ccc(OC)cc2)cc1. The van der Waals surface area contributed by atoms with Gasteiger partial charge in [-0.15, -0.1) is 0 Å². The van der Waals surface area contributed by atoms with Gasteiger partial charge < -0.3 is 34.4 Å². The van der Waals surface area contributed by atoms with Crippen molar-refractivity contribution in [1.29, 1.82) is 0 Å². The number of carboxylic acid groups (broad SMARTS) is 1. The predicted octanol–water partition coefficient (Wildman–Crippen LogP) is 3.92. The molecule has 0 heterocycles. The predicted molar refractivity (Wildman–Crippen MR) is 154 cm³/mol. The molecule has 0 bridgehead atoms. The maximum absolute atomic E-state index is 13.4. The monoisotopic (exact) mass is 616 g/mol. The van der Waals surface area contributed by atoms with Crippen molar-refractivity contribution >= 4 is 23.7 Å². The van der Waals surface area contributed by atoms with Gasteiger partial charge in [0.05, 0.1) is 30.8 Å². The number of benzene rings is 2. The Morgan fingerprint density at radius 1 is 1.05 bits per heavy atom. The van der Waals surface area contributed by atoms with Crippen molar-refractivity contribution in [3.63, 3.8) is 0 Å². The lowest BCUT2D eigenvalue weighted by molar-refractivity contribution is 0.0980. The Balaban J connectivity index is 2.15. The zero-order valence-corrected chi connectivity index (χ0v) is 25.5. The van der Waals surface area contributed by atoms with E-state index in [1.165, 1.54) is 31.4 Å². The number of unbranched alkanes of at least 4 members (excludes halogenated alkanes) is 1. The van der Waals surface area contributed by atoms with Gasteiger partial charge in [0.1, 0.15) is 11.5 Å². The number of rotatable bonds is 18. The van der Waals surface area contributed by atoms with Crippen molar-refractivity contribution in [2.75, 3.05) is 33.2 Å². The summed E-state index contributed by atoms with van der Waals surface area (Å²) in [5, 5.41) is 22.7. The Hall–Kier alpha value is -2.67. The van der Waals surface area contributed by atoms with Crippen molar-refractivity contribution in [2.24, 2.45) is 5.92 Å². The van der Waals surface area contributed by atoms with Crippen LogP contribution in [0.1, 0.15) is 39.2 Å². The Labute approximate surface area is 241 Å². The van der Waals surface area contributed by atoms with Crippen LogP contribution in [0.15, 0.2) is 53.4 Å². The minimum atomic E-state index is -4.01. The first kappa shape index (κ1) is 34.5. The van der Waals surface area contributed by atoms with Crippen molar-refractivity contribution in [2.45, 2.75) is 57.1 Å². The van der Waals surface area contributed by atoms with E-state index in [1.54, 1.807) is 24.3 Å². The summed E-state index contributed by atoms with van der Waals surface area (Å²) in [6, 6.07) is 11.2. The molecular formula is C27H41N2O10PS. The van der Waals surface area contributed by atoms with Crippen LogP contribution in [0.4, 0.5) is 4.79 Å². The van der Waals surface area contributed by atoms with E-state index in [4.69, 9.17) is 14.0 Å². The number of hydrogen-bond acceptors (Lipinski definition) is 8. The summed E-state index contributed by atoms with van der Waals surface area (Å²) in [6.45, 7) is 5.53. The molecule has 0 saturated heterocycles. The Morgan fingerprint density at radius 2 is 1.66 bits per heavy atom. The highest BCUT2D eigenvalue weighted by Gasteiger charge is 2.31. The van der Waals surface area contributed by atoms with E-state index in [-0.39, 0.29) is 36.9 Å². The van der Waals surface area contributed by atoms with Gasteiger partial charge in [-0.1, -0.05) is 39.3 Å². The van der Waals surface area contributed by atoms with E-state index in [0.29, 0.717) is 23.5 Å². The highest BCUT2D eigenvalue weighted by molar-refractivity contribution is 7.89. The van der Waals surface area contributed by atoms with Crippen LogP contribution >= 0.6 is 7.60 Å². The van der Waals surface area contributed by atoms with Crippen LogP contribution in [0.5, 0.6) is 11.5 Å². The third kappa shape index (κ3) is 11.6. The number of carbonyl (C=O) groups is 1. The first-order valence-electron chi connectivity index (χ1n) is 13.3. The van der Waals surface area contributed by atoms with Crippen molar-refractivity contribution in [3.8, 4) is 11.5 Å². The van der Waals surface area contributed by atoms with Crippen molar-refractivity contribution < 1.29 is 46.9 Å². The lowest BCUT2D eigenvalue weighted by atomic mass is 10.0. The summed E-state index contributed by atoms with van der Waals surface area (Å²) in [5.41, 5.74) is 0.620. The Kier molecular flexibility index (Phi) is 13.6.